The number of methoxy groups -OCH3 is 1. The number of aliphatic hydroxyl groups excluding tert-OH is 1. The van der Waals surface area contributed by atoms with Crippen LogP contribution in [0.3, 0.4) is 0 Å². The van der Waals surface area contributed by atoms with Crippen LogP contribution in [0.1, 0.15) is 63.4 Å². The normalized spacial score (nSPS) is 35.2. The summed E-state index contributed by atoms with van der Waals surface area (Å²) < 4.78 is 31.3. The van der Waals surface area contributed by atoms with Gasteiger partial charge in [-0.25, -0.2) is 4.39 Å². The lowest BCUT2D eigenvalue weighted by molar-refractivity contribution is -0.312. The fourth-order valence-electron chi connectivity index (χ4n) is 7.25. The first-order chi connectivity index (χ1) is 17.7. The van der Waals surface area contributed by atoms with Gasteiger partial charge in [0.05, 0.1) is 25.9 Å². The van der Waals surface area contributed by atoms with Gasteiger partial charge >= 0.3 is 0 Å². The Labute approximate surface area is 218 Å². The van der Waals surface area contributed by atoms with Crippen LogP contribution >= 0.6 is 0 Å². The van der Waals surface area contributed by atoms with E-state index in [1.807, 2.05) is 24.3 Å². The smallest absolute Gasteiger partial charge is 0.220 e. The van der Waals surface area contributed by atoms with Crippen molar-refractivity contribution >= 4 is 5.91 Å². The monoisotopic (exact) mass is 511 g/mol. The number of ether oxygens (including phenoxy) is 3. The highest BCUT2D eigenvalue weighted by Crippen LogP contribution is 2.63. The first kappa shape index (κ1) is 26.1. The molecule has 0 bridgehead atoms. The molecule has 1 amide bonds. The largest absolute Gasteiger partial charge is 0.497 e. The molecule has 2 aliphatic carbocycles. The summed E-state index contributed by atoms with van der Waals surface area (Å²) in [4.78, 5) is 13.0. The van der Waals surface area contributed by atoms with Crippen molar-refractivity contribution in [2.24, 2.45) is 22.7 Å². The fraction of sp³-hybridized carbons (Fsp3) is 0.567. The van der Waals surface area contributed by atoms with Gasteiger partial charge in [0.15, 0.2) is 6.29 Å². The predicted octanol–water partition coefficient (Wildman–Crippen LogP) is 5.15. The van der Waals surface area contributed by atoms with Crippen molar-refractivity contribution in [2.75, 3.05) is 13.7 Å². The van der Waals surface area contributed by atoms with Crippen LogP contribution < -0.4 is 10.1 Å². The lowest BCUT2D eigenvalue weighted by Gasteiger charge is -2.63. The quantitative estimate of drug-likeness (QED) is 0.561. The first-order valence-corrected chi connectivity index (χ1v) is 13.3. The van der Waals surface area contributed by atoms with Gasteiger partial charge in [0.2, 0.25) is 5.91 Å². The van der Waals surface area contributed by atoms with Gasteiger partial charge in [-0.3, -0.25) is 4.79 Å². The molecule has 2 aromatic carbocycles. The summed E-state index contributed by atoms with van der Waals surface area (Å²) in [7, 11) is 1.65. The van der Waals surface area contributed by atoms with Gasteiger partial charge in [0, 0.05) is 23.9 Å². The number of rotatable bonds is 6. The molecule has 2 aromatic rings. The number of hydrogen-bond donors (Lipinski definition) is 2. The van der Waals surface area contributed by atoms with Crippen LogP contribution in [0, 0.1) is 28.5 Å². The van der Waals surface area contributed by atoms with E-state index in [-0.39, 0.29) is 46.9 Å². The summed E-state index contributed by atoms with van der Waals surface area (Å²) in [5.74, 6) is 0.546. The maximum Gasteiger partial charge on any atom is 0.220 e. The van der Waals surface area contributed by atoms with Crippen molar-refractivity contribution in [2.45, 2.75) is 71.0 Å². The van der Waals surface area contributed by atoms with E-state index in [9.17, 15) is 14.3 Å². The average Bonchev–Trinajstić information content (AvgIpc) is 2.90. The highest BCUT2D eigenvalue weighted by molar-refractivity contribution is 5.76. The van der Waals surface area contributed by atoms with E-state index in [2.05, 4.69) is 19.2 Å². The van der Waals surface area contributed by atoms with Gasteiger partial charge in [-0.15, -0.1) is 0 Å². The zero-order valence-electron chi connectivity index (χ0n) is 21.9. The van der Waals surface area contributed by atoms with Gasteiger partial charge < -0.3 is 24.6 Å². The van der Waals surface area contributed by atoms with Crippen LogP contribution in [0.2, 0.25) is 0 Å². The van der Waals surface area contributed by atoms with Crippen molar-refractivity contribution in [1.29, 1.82) is 0 Å². The molecule has 1 heterocycles. The third-order valence-corrected chi connectivity index (χ3v) is 9.37. The van der Waals surface area contributed by atoms with Crippen LogP contribution in [-0.4, -0.2) is 36.9 Å². The Bertz CT molecular complexity index is 1090. The highest BCUT2D eigenvalue weighted by atomic mass is 19.1. The van der Waals surface area contributed by atoms with Crippen molar-refractivity contribution in [3.63, 3.8) is 0 Å². The van der Waals surface area contributed by atoms with E-state index in [4.69, 9.17) is 14.2 Å². The van der Waals surface area contributed by atoms with Crippen LogP contribution in [0.15, 0.2) is 48.5 Å². The topological polar surface area (TPSA) is 77.0 Å². The van der Waals surface area contributed by atoms with E-state index >= 15 is 0 Å². The van der Waals surface area contributed by atoms with E-state index < -0.39 is 12.4 Å². The van der Waals surface area contributed by atoms with Crippen molar-refractivity contribution < 1.29 is 28.5 Å². The summed E-state index contributed by atoms with van der Waals surface area (Å²) in [6, 6.07) is 13.9. The molecule has 1 saturated heterocycles. The maximum atomic E-state index is 13.2. The second kappa shape index (κ2) is 10.4. The molecular weight excluding hydrogens is 473 g/mol. The molecule has 6 nitrogen and oxygen atoms in total. The van der Waals surface area contributed by atoms with Crippen LogP contribution in [0.5, 0.6) is 5.75 Å². The molecular formula is C30H38FNO5. The zero-order valence-corrected chi connectivity index (χ0v) is 21.9. The molecule has 7 heteroatoms. The fourth-order valence-corrected chi connectivity index (χ4v) is 7.25. The van der Waals surface area contributed by atoms with E-state index in [0.29, 0.717) is 19.6 Å². The number of fused-ring (bicyclic) bond motifs is 3. The maximum absolute atomic E-state index is 13.2. The van der Waals surface area contributed by atoms with E-state index in [1.165, 1.54) is 12.1 Å². The summed E-state index contributed by atoms with van der Waals surface area (Å²) in [6.07, 6.45) is 2.70. The number of halogens is 1. The number of benzene rings is 2. The lowest BCUT2D eigenvalue weighted by Crippen LogP contribution is -2.62. The minimum Gasteiger partial charge on any atom is -0.497 e. The third-order valence-electron chi connectivity index (χ3n) is 9.37. The van der Waals surface area contributed by atoms with Crippen molar-refractivity contribution in [1.82, 2.24) is 5.32 Å². The van der Waals surface area contributed by atoms with Gasteiger partial charge in [-0.2, -0.15) is 0 Å². The molecule has 3 aliphatic rings. The highest BCUT2D eigenvalue weighted by Gasteiger charge is 2.61. The number of nitrogens with one attached hydrogen (secondary N) is 1. The summed E-state index contributed by atoms with van der Waals surface area (Å²) in [6.45, 7) is 5.42. The number of carbonyl (C=O) groups is 1. The Kier molecular flexibility index (Phi) is 7.31. The van der Waals surface area contributed by atoms with Gasteiger partial charge in [0.25, 0.3) is 0 Å². The Balaban J connectivity index is 1.27. The molecule has 3 fully saturated rings. The minimum atomic E-state index is -0.518. The molecule has 0 aromatic heterocycles. The van der Waals surface area contributed by atoms with E-state index in [0.717, 1.165) is 36.1 Å². The molecule has 0 spiro atoms. The van der Waals surface area contributed by atoms with Crippen molar-refractivity contribution in [3.8, 4) is 5.75 Å². The third kappa shape index (κ3) is 5.01. The summed E-state index contributed by atoms with van der Waals surface area (Å²) in [5, 5.41) is 14.0. The molecule has 2 saturated carbocycles. The first-order valence-electron chi connectivity index (χ1n) is 13.3. The molecule has 7 atom stereocenters. The molecule has 0 radical (unpaired) electrons. The Morgan fingerprint density at radius 3 is 2.51 bits per heavy atom. The Morgan fingerprint density at radius 2 is 1.81 bits per heavy atom. The van der Waals surface area contributed by atoms with Crippen LogP contribution in [0.25, 0.3) is 0 Å². The van der Waals surface area contributed by atoms with Gasteiger partial charge in [-0.1, -0.05) is 38.1 Å². The average molecular weight is 512 g/mol. The zero-order chi connectivity index (χ0) is 26.2. The Morgan fingerprint density at radius 1 is 1.08 bits per heavy atom. The number of carbonyl (C=O) groups excluding carboxylic acids is 1. The van der Waals surface area contributed by atoms with E-state index in [1.54, 1.807) is 19.2 Å². The van der Waals surface area contributed by atoms with Gasteiger partial charge in [0.1, 0.15) is 11.6 Å². The standard InChI is InChI=1S/C30H38FNO5/c1-29-15-14-26-30(2,18-36-28(37-26)20-6-10-22(35-3)11-7-20)25(29)13-12-24(33)23(29)16-27(34)32-17-19-4-8-21(31)9-5-19/h4-11,23-26,28,33H,12-18H2,1-3H3,(H,32,34). The SMILES string of the molecule is COc1ccc(C2OCC3(C)C(CCC4(C)C(CC(=O)NCc5ccc(F)cc5)C(O)CCC34)O2)cc1. The second-order valence-corrected chi connectivity index (χ2v) is 11.5. The number of amides is 1. The molecule has 1 aliphatic heterocycles. The van der Waals surface area contributed by atoms with Crippen LogP contribution in [0.4, 0.5) is 4.39 Å². The summed E-state index contributed by atoms with van der Waals surface area (Å²) in [5.41, 5.74) is 1.43. The lowest BCUT2D eigenvalue weighted by atomic mass is 9.46. The van der Waals surface area contributed by atoms with Gasteiger partial charge in [-0.05, 0) is 72.8 Å². The number of hydrogen-bond acceptors (Lipinski definition) is 5. The van der Waals surface area contributed by atoms with Crippen LogP contribution in [-0.2, 0) is 20.8 Å². The molecule has 2 N–H and O–H groups in total. The minimum absolute atomic E-state index is 0.0506. The molecule has 200 valence electrons. The van der Waals surface area contributed by atoms with Crippen molar-refractivity contribution in [3.05, 3.63) is 65.5 Å². The molecule has 7 unspecified atom stereocenters. The second-order valence-electron chi connectivity index (χ2n) is 11.5. The summed E-state index contributed by atoms with van der Waals surface area (Å²) >= 11 is 0. The molecule has 37 heavy (non-hydrogen) atoms. The molecule has 5 rings (SSSR count). The Hall–Kier alpha value is -2.48. The predicted molar refractivity (Wildman–Crippen MR) is 137 cm³/mol. The number of aliphatic hydroxyl groups is 1.